The number of carbonyl (C=O) groups excluding carboxylic acids is 2. The van der Waals surface area contributed by atoms with Gasteiger partial charge in [0, 0.05) is 21.9 Å². The van der Waals surface area contributed by atoms with Crippen LogP contribution in [0.3, 0.4) is 0 Å². The van der Waals surface area contributed by atoms with E-state index in [-0.39, 0.29) is 18.2 Å². The zero-order valence-corrected chi connectivity index (χ0v) is 18.9. The van der Waals surface area contributed by atoms with Gasteiger partial charge in [-0.2, -0.15) is 5.26 Å². The number of fused-ring (bicyclic) bond motifs is 1. The smallest absolute Gasteiger partial charge is 0.248 e. The van der Waals surface area contributed by atoms with Crippen LogP contribution in [0.1, 0.15) is 40.3 Å². The van der Waals surface area contributed by atoms with Gasteiger partial charge in [0.15, 0.2) is 0 Å². The number of nitrogens with zero attached hydrogens (tertiary/aromatic N) is 2. The van der Waals surface area contributed by atoms with Gasteiger partial charge in [0.05, 0.1) is 10.8 Å². The van der Waals surface area contributed by atoms with Gasteiger partial charge in [-0.25, -0.2) is 4.90 Å². The molecule has 0 saturated carbocycles. The van der Waals surface area contributed by atoms with Gasteiger partial charge in [0.1, 0.15) is 11.1 Å². The first-order valence-electron chi connectivity index (χ1n) is 10.5. The molecular formula is C25H21N3O2S2. The fourth-order valence-corrected chi connectivity index (χ4v) is 7.04. The largest absolute Gasteiger partial charge is 0.399 e. The number of anilines is 2. The maximum Gasteiger partial charge on any atom is 0.248 e. The van der Waals surface area contributed by atoms with E-state index in [4.69, 9.17) is 5.73 Å². The molecule has 5 nitrogen and oxygen atoms in total. The molecule has 0 unspecified atom stereocenters. The quantitative estimate of drug-likeness (QED) is 0.443. The SMILES string of the molecule is N#Cc1c(N2C(=O)C[C@H](Sc3cccc(N)c3)C2=O)sc2c1CC[C@H](c1ccccc1)C2. The molecule has 2 heterocycles. The second-order valence-corrected chi connectivity index (χ2v) is 10.5. The van der Waals surface area contributed by atoms with E-state index in [1.807, 2.05) is 30.3 Å². The van der Waals surface area contributed by atoms with Crippen molar-refractivity contribution in [2.45, 2.75) is 41.7 Å². The molecule has 1 fully saturated rings. The number of imide groups is 1. The second-order valence-electron chi connectivity index (χ2n) is 8.10. The monoisotopic (exact) mass is 459 g/mol. The molecular weight excluding hydrogens is 438 g/mol. The molecule has 0 radical (unpaired) electrons. The summed E-state index contributed by atoms with van der Waals surface area (Å²) in [6.45, 7) is 0. The first-order chi connectivity index (χ1) is 15.5. The van der Waals surface area contributed by atoms with Gasteiger partial charge in [-0.05, 0) is 54.5 Å². The van der Waals surface area contributed by atoms with Crippen LogP contribution in [0.4, 0.5) is 10.7 Å². The number of amides is 2. The van der Waals surface area contributed by atoms with Crippen LogP contribution in [0.15, 0.2) is 59.5 Å². The van der Waals surface area contributed by atoms with Crippen molar-refractivity contribution >= 4 is 45.6 Å². The minimum Gasteiger partial charge on any atom is -0.399 e. The van der Waals surface area contributed by atoms with Crippen molar-refractivity contribution in [3.05, 3.63) is 76.2 Å². The Morgan fingerprint density at radius 2 is 1.91 bits per heavy atom. The number of benzene rings is 2. The highest BCUT2D eigenvalue weighted by Crippen LogP contribution is 2.45. The predicted molar refractivity (Wildman–Crippen MR) is 128 cm³/mol. The number of thioether (sulfide) groups is 1. The lowest BCUT2D eigenvalue weighted by Gasteiger charge is -2.22. The van der Waals surface area contributed by atoms with Crippen molar-refractivity contribution < 1.29 is 9.59 Å². The van der Waals surface area contributed by atoms with E-state index in [1.165, 1.54) is 33.6 Å². The van der Waals surface area contributed by atoms with Crippen LogP contribution in [0.2, 0.25) is 0 Å². The van der Waals surface area contributed by atoms with Crippen molar-refractivity contribution in [1.82, 2.24) is 0 Å². The molecule has 7 heteroatoms. The van der Waals surface area contributed by atoms with Crippen LogP contribution >= 0.6 is 23.1 Å². The summed E-state index contributed by atoms with van der Waals surface area (Å²) in [6.07, 6.45) is 2.69. The molecule has 1 saturated heterocycles. The number of hydrogen-bond donors (Lipinski definition) is 1. The molecule has 2 N–H and O–H groups in total. The van der Waals surface area contributed by atoms with E-state index in [0.29, 0.717) is 22.2 Å². The molecule has 5 rings (SSSR count). The number of nitriles is 1. The molecule has 2 aliphatic rings. The first-order valence-corrected chi connectivity index (χ1v) is 12.2. The summed E-state index contributed by atoms with van der Waals surface area (Å²) < 4.78 is 0. The molecule has 1 aliphatic heterocycles. The van der Waals surface area contributed by atoms with Crippen LogP contribution in [-0.2, 0) is 22.4 Å². The highest BCUT2D eigenvalue weighted by atomic mass is 32.2. The highest BCUT2D eigenvalue weighted by molar-refractivity contribution is 8.00. The van der Waals surface area contributed by atoms with Crippen LogP contribution < -0.4 is 10.6 Å². The third-order valence-electron chi connectivity index (χ3n) is 6.07. The van der Waals surface area contributed by atoms with Gasteiger partial charge >= 0.3 is 0 Å². The zero-order valence-electron chi connectivity index (χ0n) is 17.3. The standard InChI is InChI=1S/C25H21N3O2S2/c26-14-20-19-10-9-16(15-5-2-1-3-6-15)11-21(19)32-25(20)28-23(29)13-22(24(28)30)31-18-8-4-7-17(27)12-18/h1-8,12,16,22H,9-11,13,27H2/t16-,22-/m0/s1. The molecule has 2 atom stereocenters. The van der Waals surface area contributed by atoms with Gasteiger partial charge in [-0.1, -0.05) is 36.4 Å². The van der Waals surface area contributed by atoms with E-state index < -0.39 is 5.25 Å². The first kappa shape index (κ1) is 20.8. The fraction of sp³-hybridized carbons (Fsp3) is 0.240. The maximum atomic E-state index is 13.2. The third kappa shape index (κ3) is 3.70. The van der Waals surface area contributed by atoms with Crippen LogP contribution in [-0.4, -0.2) is 17.1 Å². The summed E-state index contributed by atoms with van der Waals surface area (Å²) in [6, 6.07) is 20.0. The average molecular weight is 460 g/mol. The molecule has 2 aromatic carbocycles. The summed E-state index contributed by atoms with van der Waals surface area (Å²) in [5.74, 6) is -0.109. The summed E-state index contributed by atoms with van der Waals surface area (Å²) in [5.41, 5.74) is 9.26. The molecule has 32 heavy (non-hydrogen) atoms. The second kappa shape index (κ2) is 8.45. The number of thiophene rings is 1. The van der Waals surface area contributed by atoms with E-state index in [1.54, 1.807) is 12.1 Å². The number of carbonyl (C=O) groups is 2. The Morgan fingerprint density at radius 3 is 2.66 bits per heavy atom. The minimum atomic E-state index is -0.507. The van der Waals surface area contributed by atoms with E-state index in [9.17, 15) is 14.9 Å². The topological polar surface area (TPSA) is 87.2 Å². The van der Waals surface area contributed by atoms with Crippen molar-refractivity contribution in [2.75, 3.05) is 10.6 Å². The maximum absolute atomic E-state index is 13.2. The van der Waals surface area contributed by atoms with Crippen molar-refractivity contribution in [3.8, 4) is 6.07 Å². The Bertz CT molecular complexity index is 1250. The summed E-state index contributed by atoms with van der Waals surface area (Å²) in [4.78, 5) is 29.3. The summed E-state index contributed by atoms with van der Waals surface area (Å²) in [7, 11) is 0. The lowest BCUT2D eigenvalue weighted by Crippen LogP contribution is -2.31. The average Bonchev–Trinajstić information content (AvgIpc) is 3.29. The van der Waals surface area contributed by atoms with Gasteiger partial charge < -0.3 is 5.73 Å². The zero-order chi connectivity index (χ0) is 22.2. The highest BCUT2D eigenvalue weighted by Gasteiger charge is 2.43. The fourth-order valence-electron chi connectivity index (χ4n) is 4.52. The number of rotatable bonds is 4. The molecule has 0 bridgehead atoms. The van der Waals surface area contributed by atoms with Crippen LogP contribution in [0.25, 0.3) is 0 Å². The summed E-state index contributed by atoms with van der Waals surface area (Å²) in [5, 5.41) is 9.89. The van der Waals surface area contributed by atoms with Crippen LogP contribution in [0, 0.1) is 11.3 Å². The normalized spacial score (nSPS) is 20.3. The van der Waals surface area contributed by atoms with Crippen molar-refractivity contribution in [1.29, 1.82) is 5.26 Å². The van der Waals surface area contributed by atoms with Gasteiger partial charge in [-0.3, -0.25) is 9.59 Å². The van der Waals surface area contributed by atoms with Crippen molar-refractivity contribution in [2.24, 2.45) is 0 Å². The Morgan fingerprint density at radius 1 is 1.09 bits per heavy atom. The van der Waals surface area contributed by atoms with Gasteiger partial charge in [-0.15, -0.1) is 23.1 Å². The molecule has 160 valence electrons. The van der Waals surface area contributed by atoms with Gasteiger partial charge in [0.25, 0.3) is 0 Å². The molecule has 2 amide bonds. The molecule has 3 aromatic rings. The number of nitrogens with two attached hydrogens (primary N) is 1. The Kier molecular flexibility index (Phi) is 5.50. The van der Waals surface area contributed by atoms with Crippen molar-refractivity contribution in [3.63, 3.8) is 0 Å². The molecule has 0 spiro atoms. The number of hydrogen-bond acceptors (Lipinski definition) is 6. The predicted octanol–water partition coefficient (Wildman–Crippen LogP) is 4.90. The Labute approximate surface area is 194 Å². The van der Waals surface area contributed by atoms with Gasteiger partial charge in [0.2, 0.25) is 11.8 Å². The molecule has 1 aliphatic carbocycles. The minimum absolute atomic E-state index is 0.123. The van der Waals surface area contributed by atoms with Crippen LogP contribution in [0.5, 0.6) is 0 Å². The van der Waals surface area contributed by atoms with E-state index >= 15 is 0 Å². The summed E-state index contributed by atoms with van der Waals surface area (Å²) >= 11 is 2.78. The van der Waals surface area contributed by atoms with E-state index in [2.05, 4.69) is 18.2 Å². The third-order valence-corrected chi connectivity index (χ3v) is 8.49. The number of nitrogen functional groups attached to an aromatic ring is 1. The lowest BCUT2D eigenvalue weighted by atomic mass is 9.83. The lowest BCUT2D eigenvalue weighted by molar-refractivity contribution is -0.121. The van der Waals surface area contributed by atoms with E-state index in [0.717, 1.165) is 34.6 Å². The Hall–Kier alpha value is -3.08. The Balaban J connectivity index is 1.43. The molecule has 1 aromatic heterocycles.